The lowest BCUT2D eigenvalue weighted by Crippen LogP contribution is -2.26. The van der Waals surface area contributed by atoms with E-state index in [-0.39, 0.29) is 5.91 Å². The molecule has 18 heavy (non-hydrogen) atoms. The summed E-state index contributed by atoms with van der Waals surface area (Å²) in [5.41, 5.74) is 5.81. The molecule has 0 unspecified atom stereocenters. The average Bonchev–Trinajstić information content (AvgIpc) is 2.82. The molecule has 0 atom stereocenters. The van der Waals surface area contributed by atoms with Gasteiger partial charge in [-0.1, -0.05) is 18.2 Å². The number of rotatable bonds is 5. The highest BCUT2D eigenvalue weighted by Gasteiger charge is 2.07. The Morgan fingerprint density at radius 2 is 2.17 bits per heavy atom. The van der Waals surface area contributed by atoms with Crippen LogP contribution in [0.3, 0.4) is 0 Å². The lowest BCUT2D eigenvalue weighted by atomic mass is 10.4. The molecule has 0 aliphatic rings. The number of nitrogens with zero attached hydrogens (tertiary/aromatic N) is 1. The number of hydrogen-bond donors (Lipinski definition) is 3. The molecule has 0 radical (unpaired) electrons. The van der Waals surface area contributed by atoms with Crippen LogP contribution in [-0.4, -0.2) is 28.4 Å². The van der Waals surface area contributed by atoms with Gasteiger partial charge < -0.3 is 11.1 Å². The van der Waals surface area contributed by atoms with Crippen molar-refractivity contribution in [3.8, 4) is 0 Å². The number of thioether (sulfide) groups is 1. The summed E-state index contributed by atoms with van der Waals surface area (Å²) < 4.78 is 0. The van der Waals surface area contributed by atoms with Crippen LogP contribution in [0.4, 0.5) is 5.82 Å². The van der Waals surface area contributed by atoms with Crippen molar-refractivity contribution in [3.05, 3.63) is 42.1 Å². The number of amides is 1. The zero-order chi connectivity index (χ0) is 12.8. The molecule has 5 nitrogen and oxygen atoms in total. The summed E-state index contributed by atoms with van der Waals surface area (Å²) >= 11 is 1.70. The van der Waals surface area contributed by atoms with Gasteiger partial charge in [0, 0.05) is 23.3 Å². The summed E-state index contributed by atoms with van der Waals surface area (Å²) in [5, 5.41) is 9.07. The van der Waals surface area contributed by atoms with Gasteiger partial charge in [-0.05, 0) is 12.1 Å². The van der Waals surface area contributed by atoms with E-state index in [0.29, 0.717) is 18.1 Å². The van der Waals surface area contributed by atoms with E-state index >= 15 is 0 Å². The second-order valence-electron chi connectivity index (χ2n) is 3.62. The first-order chi connectivity index (χ1) is 8.75. The van der Waals surface area contributed by atoms with E-state index in [1.807, 2.05) is 30.3 Å². The summed E-state index contributed by atoms with van der Waals surface area (Å²) in [6.45, 7) is 0.595. The largest absolute Gasteiger partial charge is 0.382 e. The van der Waals surface area contributed by atoms with Crippen molar-refractivity contribution < 1.29 is 4.79 Å². The molecule has 4 N–H and O–H groups in total. The van der Waals surface area contributed by atoms with E-state index in [4.69, 9.17) is 5.73 Å². The first-order valence-corrected chi connectivity index (χ1v) is 6.51. The summed E-state index contributed by atoms with van der Waals surface area (Å²) in [6.07, 6.45) is 0. The molecular formula is C12H14N4OS. The maximum absolute atomic E-state index is 11.6. The van der Waals surface area contributed by atoms with Crippen molar-refractivity contribution in [2.24, 2.45) is 0 Å². The normalized spacial score (nSPS) is 10.2. The fourth-order valence-corrected chi connectivity index (χ4v) is 2.19. The number of nitrogens with one attached hydrogen (secondary N) is 2. The van der Waals surface area contributed by atoms with Gasteiger partial charge in [0.2, 0.25) is 0 Å². The molecule has 0 aliphatic carbocycles. The second kappa shape index (κ2) is 6.11. The molecule has 0 bridgehead atoms. The third kappa shape index (κ3) is 3.53. The topological polar surface area (TPSA) is 83.8 Å². The minimum atomic E-state index is -0.187. The molecule has 0 saturated carbocycles. The van der Waals surface area contributed by atoms with Crippen molar-refractivity contribution in [2.45, 2.75) is 4.90 Å². The van der Waals surface area contributed by atoms with Crippen LogP contribution in [0.15, 0.2) is 41.3 Å². The third-order valence-electron chi connectivity index (χ3n) is 2.24. The summed E-state index contributed by atoms with van der Waals surface area (Å²) in [4.78, 5) is 12.8. The molecule has 1 aromatic carbocycles. The van der Waals surface area contributed by atoms with Crippen LogP contribution >= 0.6 is 11.8 Å². The van der Waals surface area contributed by atoms with Crippen molar-refractivity contribution in [2.75, 3.05) is 18.0 Å². The summed E-state index contributed by atoms with van der Waals surface area (Å²) in [6, 6.07) is 11.6. The van der Waals surface area contributed by atoms with Gasteiger partial charge in [0.05, 0.1) is 0 Å². The minimum absolute atomic E-state index is 0.187. The van der Waals surface area contributed by atoms with E-state index in [1.54, 1.807) is 11.8 Å². The Kier molecular flexibility index (Phi) is 4.25. The van der Waals surface area contributed by atoms with Gasteiger partial charge in [-0.15, -0.1) is 11.8 Å². The zero-order valence-corrected chi connectivity index (χ0v) is 10.5. The van der Waals surface area contributed by atoms with Crippen LogP contribution in [0.25, 0.3) is 0 Å². The maximum atomic E-state index is 11.6. The number of aromatic nitrogens is 2. The van der Waals surface area contributed by atoms with Crippen LogP contribution in [0.5, 0.6) is 0 Å². The Hall–Kier alpha value is -1.95. The second-order valence-corrected chi connectivity index (χ2v) is 4.79. The highest BCUT2D eigenvalue weighted by Crippen LogP contribution is 2.15. The molecule has 0 aliphatic heterocycles. The van der Waals surface area contributed by atoms with E-state index < -0.39 is 0 Å². The van der Waals surface area contributed by atoms with Crippen LogP contribution in [0.2, 0.25) is 0 Å². The lowest BCUT2D eigenvalue weighted by Gasteiger charge is -2.03. The van der Waals surface area contributed by atoms with Crippen LogP contribution in [0, 0.1) is 0 Å². The van der Waals surface area contributed by atoms with Crippen molar-refractivity contribution in [1.82, 2.24) is 15.5 Å². The molecule has 2 aromatic rings. The molecular weight excluding hydrogens is 248 g/mol. The smallest absolute Gasteiger partial charge is 0.269 e. The maximum Gasteiger partial charge on any atom is 0.269 e. The van der Waals surface area contributed by atoms with Crippen molar-refractivity contribution in [1.29, 1.82) is 0 Å². The first kappa shape index (κ1) is 12.5. The summed E-state index contributed by atoms with van der Waals surface area (Å²) in [5.74, 6) is 0.950. The molecule has 1 aromatic heterocycles. The number of benzene rings is 1. The monoisotopic (exact) mass is 262 g/mol. The number of aromatic amines is 1. The fourth-order valence-electron chi connectivity index (χ4n) is 1.40. The highest BCUT2D eigenvalue weighted by molar-refractivity contribution is 7.99. The Morgan fingerprint density at radius 3 is 2.83 bits per heavy atom. The SMILES string of the molecule is Nc1cc(C(=O)NCCSc2ccccc2)[nH]n1. The molecule has 1 heterocycles. The van der Waals surface area contributed by atoms with Gasteiger partial charge in [0.1, 0.15) is 11.5 Å². The molecule has 0 saturated heterocycles. The quantitative estimate of drug-likeness (QED) is 0.563. The predicted molar refractivity (Wildman–Crippen MR) is 72.5 cm³/mol. The number of anilines is 1. The van der Waals surface area contributed by atoms with Gasteiger partial charge in [0.15, 0.2) is 0 Å². The highest BCUT2D eigenvalue weighted by atomic mass is 32.2. The number of nitrogens with two attached hydrogens (primary N) is 1. The van der Waals surface area contributed by atoms with Crippen LogP contribution in [-0.2, 0) is 0 Å². The minimum Gasteiger partial charge on any atom is -0.382 e. The Balaban J connectivity index is 1.71. The molecule has 6 heteroatoms. The van der Waals surface area contributed by atoms with E-state index in [1.165, 1.54) is 11.0 Å². The number of carbonyl (C=O) groups excluding carboxylic acids is 1. The standard InChI is InChI=1S/C12H14N4OS/c13-11-8-10(15-16-11)12(17)14-6-7-18-9-4-2-1-3-5-9/h1-5,8H,6-7H2,(H,14,17)(H3,13,15,16). The Bertz CT molecular complexity index is 512. The van der Waals surface area contributed by atoms with Crippen molar-refractivity contribution >= 4 is 23.5 Å². The van der Waals surface area contributed by atoms with Gasteiger partial charge in [-0.3, -0.25) is 9.89 Å². The van der Waals surface area contributed by atoms with E-state index in [0.717, 1.165) is 5.75 Å². The van der Waals surface area contributed by atoms with Crippen LogP contribution in [0.1, 0.15) is 10.5 Å². The predicted octanol–water partition coefficient (Wildman–Crippen LogP) is 1.51. The number of carbonyl (C=O) groups is 1. The van der Waals surface area contributed by atoms with E-state index in [2.05, 4.69) is 15.5 Å². The van der Waals surface area contributed by atoms with Crippen molar-refractivity contribution in [3.63, 3.8) is 0 Å². The van der Waals surface area contributed by atoms with Gasteiger partial charge >= 0.3 is 0 Å². The third-order valence-corrected chi connectivity index (χ3v) is 3.26. The molecule has 1 amide bonds. The number of H-pyrrole nitrogens is 1. The van der Waals surface area contributed by atoms with Crippen LogP contribution < -0.4 is 11.1 Å². The summed E-state index contributed by atoms with van der Waals surface area (Å²) in [7, 11) is 0. The lowest BCUT2D eigenvalue weighted by molar-refractivity contribution is 0.0951. The van der Waals surface area contributed by atoms with E-state index in [9.17, 15) is 4.79 Å². The van der Waals surface area contributed by atoms with Gasteiger partial charge in [0.25, 0.3) is 5.91 Å². The van der Waals surface area contributed by atoms with Gasteiger partial charge in [-0.25, -0.2) is 0 Å². The Labute approximate surface area is 109 Å². The molecule has 94 valence electrons. The zero-order valence-electron chi connectivity index (χ0n) is 9.72. The number of hydrogen-bond acceptors (Lipinski definition) is 4. The Morgan fingerprint density at radius 1 is 1.39 bits per heavy atom. The molecule has 0 spiro atoms. The molecule has 0 fully saturated rings. The number of nitrogen functional groups attached to an aromatic ring is 1. The molecule has 2 rings (SSSR count). The average molecular weight is 262 g/mol. The fraction of sp³-hybridized carbons (Fsp3) is 0.167. The van der Waals surface area contributed by atoms with Gasteiger partial charge in [-0.2, -0.15) is 5.10 Å². The first-order valence-electron chi connectivity index (χ1n) is 5.52.